The van der Waals surface area contributed by atoms with Crippen molar-refractivity contribution in [1.29, 1.82) is 0 Å². The van der Waals surface area contributed by atoms with Gasteiger partial charge in [0.2, 0.25) is 5.91 Å². The maximum atomic E-state index is 13.5. The molecular formula is C25H32N4O3S. The van der Waals surface area contributed by atoms with Gasteiger partial charge in [-0.1, -0.05) is 30.3 Å². The van der Waals surface area contributed by atoms with Crippen molar-refractivity contribution in [1.82, 2.24) is 14.8 Å². The monoisotopic (exact) mass is 468 g/mol. The fourth-order valence-corrected chi connectivity index (χ4v) is 6.03. The molecule has 0 spiro atoms. The Morgan fingerprint density at radius 2 is 1.85 bits per heavy atom. The van der Waals surface area contributed by atoms with Crippen LogP contribution in [0.4, 0.5) is 5.13 Å². The zero-order valence-corrected chi connectivity index (χ0v) is 19.9. The lowest BCUT2D eigenvalue weighted by Crippen LogP contribution is -2.53. The average molecular weight is 469 g/mol. The smallest absolute Gasteiger partial charge is 0.251 e. The minimum atomic E-state index is -0.268. The van der Waals surface area contributed by atoms with E-state index in [-0.39, 0.29) is 17.9 Å². The highest BCUT2D eigenvalue weighted by Crippen LogP contribution is 2.32. The van der Waals surface area contributed by atoms with E-state index in [0.29, 0.717) is 45.9 Å². The zero-order chi connectivity index (χ0) is 22.6. The molecule has 1 aromatic carbocycles. The van der Waals surface area contributed by atoms with Gasteiger partial charge in [0.05, 0.1) is 18.8 Å². The first-order valence-corrected chi connectivity index (χ1v) is 12.9. The van der Waals surface area contributed by atoms with Crippen LogP contribution >= 0.6 is 11.3 Å². The van der Waals surface area contributed by atoms with Crippen molar-refractivity contribution in [3.63, 3.8) is 0 Å². The highest BCUT2D eigenvalue weighted by atomic mass is 32.1. The molecule has 0 N–H and O–H groups in total. The predicted octanol–water partition coefficient (Wildman–Crippen LogP) is 2.88. The van der Waals surface area contributed by atoms with Crippen molar-refractivity contribution >= 4 is 28.3 Å². The number of piperazine rings is 1. The van der Waals surface area contributed by atoms with E-state index < -0.39 is 0 Å². The van der Waals surface area contributed by atoms with Gasteiger partial charge in [0.1, 0.15) is 6.10 Å². The Hall–Kier alpha value is -2.29. The van der Waals surface area contributed by atoms with Gasteiger partial charge < -0.3 is 9.64 Å². The summed E-state index contributed by atoms with van der Waals surface area (Å²) in [4.78, 5) is 38.3. The number of amides is 2. The van der Waals surface area contributed by atoms with Crippen molar-refractivity contribution in [2.45, 2.75) is 51.2 Å². The Morgan fingerprint density at radius 3 is 2.58 bits per heavy atom. The van der Waals surface area contributed by atoms with Crippen LogP contribution in [0.15, 0.2) is 30.3 Å². The SMILES string of the molecule is O=C(C1CCCO1)N1CCN(CC(=O)N(Cc2ccccc2)c2nc3c(s2)CCCC3)CC1. The molecule has 1 unspecified atom stereocenters. The van der Waals surface area contributed by atoms with E-state index in [4.69, 9.17) is 9.72 Å². The summed E-state index contributed by atoms with van der Waals surface area (Å²) in [5.74, 6) is 0.182. The van der Waals surface area contributed by atoms with Crippen molar-refractivity contribution in [2.75, 3.05) is 44.2 Å². The second kappa shape index (κ2) is 10.3. The first kappa shape index (κ1) is 22.5. The van der Waals surface area contributed by atoms with E-state index in [1.54, 1.807) is 11.3 Å². The van der Waals surface area contributed by atoms with Crippen LogP contribution in [0.3, 0.4) is 0 Å². The van der Waals surface area contributed by atoms with Gasteiger partial charge >= 0.3 is 0 Å². The second-order valence-electron chi connectivity index (χ2n) is 9.14. The summed E-state index contributed by atoms with van der Waals surface area (Å²) in [6.45, 7) is 4.27. The Kier molecular flexibility index (Phi) is 7.04. The summed E-state index contributed by atoms with van der Waals surface area (Å²) in [7, 11) is 0. The van der Waals surface area contributed by atoms with Crippen molar-refractivity contribution in [3.05, 3.63) is 46.5 Å². The fraction of sp³-hybridized carbons (Fsp3) is 0.560. The molecule has 0 saturated carbocycles. The number of carbonyl (C=O) groups excluding carboxylic acids is 2. The molecule has 176 valence electrons. The van der Waals surface area contributed by atoms with Crippen LogP contribution in [-0.2, 0) is 33.7 Å². The summed E-state index contributed by atoms with van der Waals surface area (Å²) < 4.78 is 5.56. The second-order valence-corrected chi connectivity index (χ2v) is 10.2. The third-order valence-electron chi connectivity index (χ3n) is 6.80. The molecule has 2 aromatic rings. The van der Waals surface area contributed by atoms with Crippen LogP contribution in [0, 0.1) is 0 Å². The minimum Gasteiger partial charge on any atom is -0.368 e. The van der Waals surface area contributed by atoms with Gasteiger partial charge in [0.15, 0.2) is 5.13 Å². The molecule has 0 bridgehead atoms. The molecule has 3 aliphatic rings. The topological polar surface area (TPSA) is 66.0 Å². The number of anilines is 1. The standard InChI is InChI=1S/C25H32N4O3S/c30-23(18-27-12-14-28(15-13-27)24(31)21-10-6-16-32-21)29(17-19-7-2-1-3-8-19)25-26-20-9-4-5-11-22(20)33-25/h1-3,7-8,21H,4-6,9-18H2. The van der Waals surface area contributed by atoms with E-state index in [1.807, 2.05) is 28.0 Å². The minimum absolute atomic E-state index is 0.0730. The van der Waals surface area contributed by atoms with E-state index >= 15 is 0 Å². The van der Waals surface area contributed by atoms with E-state index in [0.717, 1.165) is 36.4 Å². The maximum Gasteiger partial charge on any atom is 0.251 e. The van der Waals surface area contributed by atoms with Crippen LogP contribution in [-0.4, -0.2) is 72.0 Å². The number of benzene rings is 1. The molecule has 2 amide bonds. The molecule has 2 aliphatic heterocycles. The lowest BCUT2D eigenvalue weighted by atomic mass is 10.0. The first-order valence-electron chi connectivity index (χ1n) is 12.1. The van der Waals surface area contributed by atoms with Gasteiger partial charge in [-0.2, -0.15) is 0 Å². The van der Waals surface area contributed by atoms with Gasteiger partial charge in [0.25, 0.3) is 5.91 Å². The number of rotatable bonds is 6. The van der Waals surface area contributed by atoms with Gasteiger partial charge in [-0.3, -0.25) is 19.4 Å². The number of nitrogens with zero attached hydrogens (tertiary/aromatic N) is 4. The molecule has 3 heterocycles. The maximum absolute atomic E-state index is 13.5. The van der Waals surface area contributed by atoms with Crippen LogP contribution in [0.25, 0.3) is 0 Å². The molecule has 33 heavy (non-hydrogen) atoms. The summed E-state index contributed by atoms with van der Waals surface area (Å²) in [5.41, 5.74) is 2.28. The number of carbonyl (C=O) groups is 2. The van der Waals surface area contributed by atoms with Gasteiger partial charge in [0, 0.05) is 37.7 Å². The predicted molar refractivity (Wildman–Crippen MR) is 128 cm³/mol. The Balaban J connectivity index is 1.24. The first-order chi connectivity index (χ1) is 16.2. The third kappa shape index (κ3) is 5.28. The van der Waals surface area contributed by atoms with Gasteiger partial charge in [-0.05, 0) is 44.1 Å². The third-order valence-corrected chi connectivity index (χ3v) is 7.98. The summed E-state index contributed by atoms with van der Waals surface area (Å²) in [5, 5.41) is 0.822. The van der Waals surface area contributed by atoms with Gasteiger partial charge in [-0.15, -0.1) is 11.3 Å². The summed E-state index contributed by atoms with van der Waals surface area (Å²) in [6, 6.07) is 10.1. The number of aromatic nitrogens is 1. The van der Waals surface area contributed by atoms with Crippen molar-refractivity contribution < 1.29 is 14.3 Å². The van der Waals surface area contributed by atoms with Crippen molar-refractivity contribution in [2.24, 2.45) is 0 Å². The highest BCUT2D eigenvalue weighted by Gasteiger charge is 2.31. The van der Waals surface area contributed by atoms with E-state index in [2.05, 4.69) is 17.0 Å². The van der Waals surface area contributed by atoms with Crippen LogP contribution in [0.5, 0.6) is 0 Å². The Morgan fingerprint density at radius 1 is 1.06 bits per heavy atom. The van der Waals surface area contributed by atoms with Crippen LogP contribution in [0.2, 0.25) is 0 Å². The highest BCUT2D eigenvalue weighted by molar-refractivity contribution is 7.15. The lowest BCUT2D eigenvalue weighted by molar-refractivity contribution is -0.142. The molecule has 7 nitrogen and oxygen atoms in total. The summed E-state index contributed by atoms with van der Waals surface area (Å²) >= 11 is 1.68. The molecule has 1 aliphatic carbocycles. The number of ether oxygens (including phenoxy) is 1. The van der Waals surface area contributed by atoms with Gasteiger partial charge in [-0.25, -0.2) is 4.98 Å². The van der Waals surface area contributed by atoms with E-state index in [1.165, 1.54) is 23.4 Å². The van der Waals surface area contributed by atoms with Crippen LogP contribution in [0.1, 0.15) is 41.8 Å². The molecule has 0 radical (unpaired) electrons. The normalized spacial score (nSPS) is 21.1. The Labute approximate surface area is 199 Å². The number of thiazole rings is 1. The lowest BCUT2D eigenvalue weighted by Gasteiger charge is -2.36. The van der Waals surface area contributed by atoms with Crippen molar-refractivity contribution in [3.8, 4) is 0 Å². The molecular weight excluding hydrogens is 436 g/mol. The molecule has 2 fully saturated rings. The van der Waals surface area contributed by atoms with Crippen LogP contribution < -0.4 is 4.90 Å². The quantitative estimate of drug-likeness (QED) is 0.652. The number of hydrogen-bond acceptors (Lipinski definition) is 6. The zero-order valence-electron chi connectivity index (χ0n) is 19.1. The summed E-state index contributed by atoms with van der Waals surface area (Å²) in [6.07, 6.45) is 5.98. The molecule has 5 rings (SSSR count). The fourth-order valence-electron chi connectivity index (χ4n) is 4.86. The van der Waals surface area contributed by atoms with E-state index in [9.17, 15) is 9.59 Å². The molecule has 1 aromatic heterocycles. The number of aryl methyl sites for hydroxylation is 2. The molecule has 8 heteroatoms. The number of fused-ring (bicyclic) bond motifs is 1. The molecule has 1 atom stereocenters. The molecule has 2 saturated heterocycles. The number of hydrogen-bond donors (Lipinski definition) is 0. The Bertz CT molecular complexity index is 942. The average Bonchev–Trinajstić information content (AvgIpc) is 3.53. The largest absolute Gasteiger partial charge is 0.368 e.